The van der Waals surface area contributed by atoms with Crippen LogP contribution < -0.4 is 4.74 Å². The Morgan fingerprint density at radius 2 is 2.00 bits per heavy atom. The molecule has 4 nitrogen and oxygen atoms in total. The Labute approximate surface area is 113 Å². The van der Waals surface area contributed by atoms with E-state index in [1.165, 1.54) is 0 Å². The van der Waals surface area contributed by atoms with E-state index in [9.17, 15) is 4.79 Å². The molecule has 0 aliphatic carbocycles. The fourth-order valence-electron chi connectivity index (χ4n) is 1.95. The summed E-state index contributed by atoms with van der Waals surface area (Å²) >= 11 is 0. The Balaban J connectivity index is 1.77. The minimum atomic E-state index is -0.435. The van der Waals surface area contributed by atoms with Crippen molar-refractivity contribution in [2.45, 2.75) is 38.4 Å². The number of epoxide rings is 1. The van der Waals surface area contributed by atoms with Gasteiger partial charge in [0.15, 0.2) is 6.10 Å². The molecule has 2 atom stereocenters. The van der Waals surface area contributed by atoms with Gasteiger partial charge in [-0.1, -0.05) is 31.9 Å². The highest BCUT2D eigenvalue weighted by Gasteiger charge is 2.47. The number of esters is 1. The van der Waals surface area contributed by atoms with Crippen LogP contribution in [0.4, 0.5) is 0 Å². The molecule has 0 bridgehead atoms. The Hall–Kier alpha value is -1.55. The molecule has 0 spiro atoms. The zero-order valence-electron chi connectivity index (χ0n) is 11.4. The second kappa shape index (κ2) is 6.57. The SMILES string of the molecule is CCCCCOC(=O)C1OC1c1ccc(OC)cc1. The van der Waals surface area contributed by atoms with E-state index < -0.39 is 6.10 Å². The lowest BCUT2D eigenvalue weighted by Crippen LogP contribution is -2.13. The lowest BCUT2D eigenvalue weighted by atomic mass is 10.1. The summed E-state index contributed by atoms with van der Waals surface area (Å²) in [5.74, 6) is 0.542. The number of hydrogen-bond donors (Lipinski definition) is 0. The summed E-state index contributed by atoms with van der Waals surface area (Å²) in [5.41, 5.74) is 0.983. The van der Waals surface area contributed by atoms with Crippen molar-refractivity contribution in [1.82, 2.24) is 0 Å². The lowest BCUT2D eigenvalue weighted by Gasteiger charge is -2.02. The van der Waals surface area contributed by atoms with Gasteiger partial charge in [0, 0.05) is 0 Å². The highest BCUT2D eigenvalue weighted by atomic mass is 16.6. The van der Waals surface area contributed by atoms with Gasteiger partial charge in [-0.15, -0.1) is 0 Å². The molecule has 0 saturated carbocycles. The van der Waals surface area contributed by atoms with Crippen molar-refractivity contribution in [3.8, 4) is 5.75 Å². The maximum Gasteiger partial charge on any atom is 0.338 e. The van der Waals surface area contributed by atoms with Gasteiger partial charge in [-0.05, 0) is 24.1 Å². The van der Waals surface area contributed by atoms with Crippen molar-refractivity contribution in [3.05, 3.63) is 29.8 Å². The number of carbonyl (C=O) groups excluding carboxylic acids is 1. The molecule has 1 fully saturated rings. The third kappa shape index (κ3) is 3.70. The summed E-state index contributed by atoms with van der Waals surface area (Å²) in [5, 5.41) is 0. The van der Waals surface area contributed by atoms with Crippen molar-refractivity contribution in [2.24, 2.45) is 0 Å². The van der Waals surface area contributed by atoms with Crippen LogP contribution in [0.3, 0.4) is 0 Å². The molecule has 1 heterocycles. The van der Waals surface area contributed by atoms with Crippen LogP contribution in [0.25, 0.3) is 0 Å². The minimum absolute atomic E-state index is 0.162. The number of methoxy groups -OCH3 is 1. The summed E-state index contributed by atoms with van der Waals surface area (Å²) in [4.78, 5) is 11.7. The van der Waals surface area contributed by atoms with Crippen molar-refractivity contribution in [1.29, 1.82) is 0 Å². The normalized spacial score (nSPS) is 20.9. The monoisotopic (exact) mass is 264 g/mol. The van der Waals surface area contributed by atoms with Crippen LogP contribution in [0, 0.1) is 0 Å². The number of carbonyl (C=O) groups is 1. The average Bonchev–Trinajstić information content (AvgIpc) is 3.24. The number of unbranched alkanes of at least 4 members (excludes halogenated alkanes) is 2. The Kier molecular flexibility index (Phi) is 4.80. The first-order valence-electron chi connectivity index (χ1n) is 6.72. The molecule has 1 aliphatic heterocycles. The van der Waals surface area contributed by atoms with E-state index in [4.69, 9.17) is 14.2 Å². The molecular formula is C15H20O4. The molecule has 0 amide bonds. The first-order chi connectivity index (χ1) is 9.26. The van der Waals surface area contributed by atoms with Crippen LogP contribution in [0.2, 0.25) is 0 Å². The fourth-order valence-corrected chi connectivity index (χ4v) is 1.95. The average molecular weight is 264 g/mol. The van der Waals surface area contributed by atoms with Gasteiger partial charge in [-0.2, -0.15) is 0 Å². The fraction of sp³-hybridized carbons (Fsp3) is 0.533. The second-order valence-electron chi connectivity index (χ2n) is 4.63. The third-order valence-electron chi connectivity index (χ3n) is 3.16. The molecule has 1 aromatic carbocycles. The third-order valence-corrected chi connectivity index (χ3v) is 3.16. The van der Waals surface area contributed by atoms with Gasteiger partial charge in [-0.3, -0.25) is 0 Å². The Morgan fingerprint density at radius 1 is 1.26 bits per heavy atom. The highest BCUT2D eigenvalue weighted by molar-refractivity contribution is 5.78. The molecule has 1 aliphatic rings. The van der Waals surface area contributed by atoms with Crippen molar-refractivity contribution < 1.29 is 19.0 Å². The molecule has 0 radical (unpaired) electrons. The summed E-state index contributed by atoms with van der Waals surface area (Å²) < 4.78 is 15.6. The predicted molar refractivity (Wildman–Crippen MR) is 71.1 cm³/mol. The van der Waals surface area contributed by atoms with Gasteiger partial charge in [0.25, 0.3) is 0 Å². The van der Waals surface area contributed by atoms with Crippen molar-refractivity contribution >= 4 is 5.97 Å². The van der Waals surface area contributed by atoms with Crippen LogP contribution in [0.1, 0.15) is 37.9 Å². The van der Waals surface area contributed by atoms with Gasteiger partial charge in [-0.25, -0.2) is 4.79 Å². The van der Waals surface area contributed by atoms with Gasteiger partial charge >= 0.3 is 5.97 Å². The number of rotatable bonds is 7. The second-order valence-corrected chi connectivity index (χ2v) is 4.63. The molecule has 0 N–H and O–H groups in total. The van der Waals surface area contributed by atoms with Crippen molar-refractivity contribution in [3.63, 3.8) is 0 Å². The molecule has 104 valence electrons. The van der Waals surface area contributed by atoms with Gasteiger partial charge in [0.05, 0.1) is 13.7 Å². The topological polar surface area (TPSA) is 48.1 Å². The molecule has 19 heavy (non-hydrogen) atoms. The van der Waals surface area contributed by atoms with E-state index in [0.29, 0.717) is 6.61 Å². The van der Waals surface area contributed by atoms with Gasteiger partial charge in [0.2, 0.25) is 0 Å². The standard InChI is InChI=1S/C15H20O4/c1-3-4-5-10-18-15(16)14-13(19-14)11-6-8-12(17-2)9-7-11/h6-9,13-14H,3-5,10H2,1-2H3. The lowest BCUT2D eigenvalue weighted by molar-refractivity contribution is -0.145. The Morgan fingerprint density at radius 3 is 2.63 bits per heavy atom. The van der Waals surface area contributed by atoms with E-state index in [1.54, 1.807) is 7.11 Å². The quantitative estimate of drug-likeness (QED) is 0.431. The number of benzene rings is 1. The maximum absolute atomic E-state index is 11.7. The van der Waals surface area contributed by atoms with Crippen LogP contribution in [-0.2, 0) is 14.3 Å². The zero-order chi connectivity index (χ0) is 13.7. The molecule has 1 aromatic rings. The summed E-state index contributed by atoms with van der Waals surface area (Å²) in [6, 6.07) is 7.54. The molecule has 0 aromatic heterocycles. The van der Waals surface area contributed by atoms with Crippen LogP contribution in [-0.4, -0.2) is 25.8 Å². The van der Waals surface area contributed by atoms with E-state index in [0.717, 1.165) is 30.6 Å². The summed E-state index contributed by atoms with van der Waals surface area (Å²) in [7, 11) is 1.62. The van der Waals surface area contributed by atoms with E-state index in [-0.39, 0.29) is 12.1 Å². The number of hydrogen-bond acceptors (Lipinski definition) is 4. The van der Waals surface area contributed by atoms with Crippen LogP contribution in [0.15, 0.2) is 24.3 Å². The van der Waals surface area contributed by atoms with E-state index >= 15 is 0 Å². The largest absolute Gasteiger partial charge is 0.497 e. The molecule has 1 saturated heterocycles. The van der Waals surface area contributed by atoms with Crippen LogP contribution in [0.5, 0.6) is 5.75 Å². The predicted octanol–water partition coefficient (Wildman–Crippen LogP) is 2.87. The first-order valence-corrected chi connectivity index (χ1v) is 6.72. The van der Waals surface area contributed by atoms with E-state index in [1.807, 2.05) is 24.3 Å². The van der Waals surface area contributed by atoms with Gasteiger partial charge in [0.1, 0.15) is 11.9 Å². The smallest absolute Gasteiger partial charge is 0.338 e. The highest BCUT2D eigenvalue weighted by Crippen LogP contribution is 2.39. The molecular weight excluding hydrogens is 244 g/mol. The minimum Gasteiger partial charge on any atom is -0.497 e. The maximum atomic E-state index is 11.7. The zero-order valence-corrected chi connectivity index (χ0v) is 11.4. The van der Waals surface area contributed by atoms with Crippen LogP contribution >= 0.6 is 0 Å². The van der Waals surface area contributed by atoms with Gasteiger partial charge < -0.3 is 14.2 Å². The Bertz CT molecular complexity index is 413. The molecule has 2 rings (SSSR count). The summed E-state index contributed by atoms with van der Waals surface area (Å²) in [6.07, 6.45) is 2.52. The first kappa shape index (κ1) is 13.9. The van der Waals surface area contributed by atoms with Crippen molar-refractivity contribution in [2.75, 3.05) is 13.7 Å². The van der Waals surface area contributed by atoms with E-state index in [2.05, 4.69) is 6.92 Å². The molecule has 4 heteroatoms. The summed E-state index contributed by atoms with van der Waals surface area (Å²) in [6.45, 7) is 2.60. The number of ether oxygens (including phenoxy) is 3. The molecule has 2 unspecified atom stereocenters.